The highest BCUT2D eigenvalue weighted by Crippen LogP contribution is 2.34. The van der Waals surface area contributed by atoms with Crippen LogP contribution in [0.15, 0.2) is 59.7 Å². The predicted octanol–water partition coefficient (Wildman–Crippen LogP) is 3.83. The molecule has 2 atom stereocenters. The molecule has 38 heavy (non-hydrogen) atoms. The molecule has 0 bridgehead atoms. The lowest BCUT2D eigenvalue weighted by Gasteiger charge is -2.37. The Morgan fingerprint density at radius 2 is 1.97 bits per heavy atom. The molecule has 1 saturated carbocycles. The average molecular weight is 514 g/mol. The number of likely N-dealkylation sites (tertiary alicyclic amines) is 1. The molecule has 5 rings (SSSR count). The number of carbonyl (C=O) groups is 1. The summed E-state index contributed by atoms with van der Waals surface area (Å²) in [6.45, 7) is 4.60. The second kappa shape index (κ2) is 11.5. The quantitative estimate of drug-likeness (QED) is 0.516. The number of amides is 1. The van der Waals surface area contributed by atoms with Crippen molar-refractivity contribution in [3.8, 4) is 6.07 Å². The van der Waals surface area contributed by atoms with E-state index < -0.39 is 5.41 Å². The fraction of sp³-hybridized carbons (Fsp3) is 0.467. The zero-order valence-electron chi connectivity index (χ0n) is 21.9. The first-order valence-corrected chi connectivity index (χ1v) is 13.7. The first-order chi connectivity index (χ1) is 18.5. The maximum atomic E-state index is 13.4. The third-order valence-corrected chi connectivity index (χ3v) is 8.07. The highest BCUT2D eigenvalue weighted by Gasteiger charge is 2.38. The van der Waals surface area contributed by atoms with Gasteiger partial charge in [-0.3, -0.25) is 23.9 Å². The monoisotopic (exact) mass is 513 g/mol. The van der Waals surface area contributed by atoms with E-state index in [4.69, 9.17) is 4.74 Å². The van der Waals surface area contributed by atoms with Gasteiger partial charge in [0, 0.05) is 38.6 Å². The van der Waals surface area contributed by atoms with Gasteiger partial charge in [-0.2, -0.15) is 5.26 Å². The van der Waals surface area contributed by atoms with Gasteiger partial charge in [-0.15, -0.1) is 0 Å². The number of nitrogens with zero attached hydrogens (tertiary/aromatic N) is 4. The smallest absolute Gasteiger partial charge is 0.267 e. The first kappa shape index (κ1) is 26.1. The van der Waals surface area contributed by atoms with Gasteiger partial charge in [-0.25, -0.2) is 0 Å². The normalized spacial score (nSPS) is 21.6. The van der Waals surface area contributed by atoms with Crippen LogP contribution in [0.1, 0.15) is 67.1 Å². The van der Waals surface area contributed by atoms with E-state index in [1.54, 1.807) is 28.9 Å². The molecule has 2 fully saturated rings. The maximum absolute atomic E-state index is 13.4. The second-order valence-electron chi connectivity index (χ2n) is 10.4. The van der Waals surface area contributed by atoms with Crippen molar-refractivity contribution >= 4 is 11.4 Å². The van der Waals surface area contributed by atoms with E-state index in [-0.39, 0.29) is 29.2 Å². The average Bonchev–Trinajstić information content (AvgIpc) is 2.96. The summed E-state index contributed by atoms with van der Waals surface area (Å²) in [5, 5.41) is 13.1. The molecule has 1 aliphatic heterocycles. The summed E-state index contributed by atoms with van der Waals surface area (Å²) in [6, 6.07) is 15.6. The summed E-state index contributed by atoms with van der Waals surface area (Å²) in [4.78, 5) is 33.5. The summed E-state index contributed by atoms with van der Waals surface area (Å²) >= 11 is 0. The number of aromatic nitrogens is 2. The molecule has 2 aliphatic rings. The number of ether oxygens (including phenoxy) is 1. The number of carbonyl (C=O) groups excluding carboxylic acids is 1. The summed E-state index contributed by atoms with van der Waals surface area (Å²) in [5.41, 5.74) is 1.79. The summed E-state index contributed by atoms with van der Waals surface area (Å²) in [5.74, 6) is -0.344. The molecule has 1 N–H and O–H groups in total. The number of nitrogens with one attached hydrogen (secondary N) is 1. The van der Waals surface area contributed by atoms with Crippen LogP contribution in [0.2, 0.25) is 0 Å². The highest BCUT2D eigenvalue weighted by atomic mass is 16.5. The maximum Gasteiger partial charge on any atom is 0.267 e. The number of pyridine rings is 3. The van der Waals surface area contributed by atoms with Gasteiger partial charge in [-0.05, 0) is 68.5 Å². The van der Waals surface area contributed by atoms with E-state index in [2.05, 4.69) is 21.3 Å². The third kappa shape index (κ3) is 5.22. The number of piperidine rings is 1. The van der Waals surface area contributed by atoms with Crippen molar-refractivity contribution in [1.29, 1.82) is 5.26 Å². The van der Waals surface area contributed by atoms with Gasteiger partial charge in [-0.1, -0.05) is 25.0 Å². The Morgan fingerprint density at radius 1 is 1.18 bits per heavy atom. The molecule has 0 spiro atoms. The molecule has 8 nitrogen and oxygen atoms in total. The fourth-order valence-corrected chi connectivity index (χ4v) is 5.94. The van der Waals surface area contributed by atoms with Crippen LogP contribution < -0.4 is 10.9 Å². The minimum atomic E-state index is -0.588. The first-order valence-electron chi connectivity index (χ1n) is 13.7. The molecule has 1 amide bonds. The fourth-order valence-electron chi connectivity index (χ4n) is 5.94. The highest BCUT2D eigenvalue weighted by molar-refractivity contribution is 5.94. The Morgan fingerprint density at radius 3 is 2.71 bits per heavy atom. The molecule has 4 heterocycles. The third-order valence-electron chi connectivity index (χ3n) is 8.07. The van der Waals surface area contributed by atoms with Gasteiger partial charge in [0.25, 0.3) is 11.5 Å². The second-order valence-corrected chi connectivity index (χ2v) is 10.4. The predicted molar refractivity (Wildman–Crippen MR) is 145 cm³/mol. The minimum Gasteiger partial charge on any atom is -0.376 e. The number of hydrogen-bond acceptors (Lipinski definition) is 6. The van der Waals surface area contributed by atoms with Crippen LogP contribution in [-0.2, 0) is 16.7 Å². The Balaban J connectivity index is 1.38. The number of hydrogen-bond donors (Lipinski definition) is 1. The number of fused-ring (bicyclic) bond motifs is 1. The molecular weight excluding hydrogens is 478 g/mol. The van der Waals surface area contributed by atoms with E-state index in [1.165, 1.54) is 0 Å². The van der Waals surface area contributed by atoms with Crippen LogP contribution in [0.4, 0.5) is 0 Å². The van der Waals surface area contributed by atoms with Crippen LogP contribution in [0.5, 0.6) is 0 Å². The Bertz CT molecular complexity index is 1370. The molecule has 198 valence electrons. The van der Waals surface area contributed by atoms with Crippen molar-refractivity contribution in [3.63, 3.8) is 0 Å². The van der Waals surface area contributed by atoms with Crippen molar-refractivity contribution in [2.24, 2.45) is 0 Å². The van der Waals surface area contributed by atoms with Crippen LogP contribution in [0, 0.1) is 11.3 Å². The van der Waals surface area contributed by atoms with Crippen molar-refractivity contribution in [1.82, 2.24) is 19.6 Å². The Kier molecular flexibility index (Phi) is 7.87. The zero-order valence-corrected chi connectivity index (χ0v) is 21.9. The zero-order chi connectivity index (χ0) is 26.5. The van der Waals surface area contributed by atoms with Crippen molar-refractivity contribution in [2.45, 2.75) is 69.6 Å². The van der Waals surface area contributed by atoms with E-state index in [9.17, 15) is 14.9 Å². The SMILES string of the molecule is CCO[C@H]1CCCC[C@@H]1NC(=O)c1cc(CN2CCC(C#N)(c3ccccn3)CC2)c2ccccn2c1=O. The number of nitriles is 1. The molecule has 8 heteroatoms. The van der Waals surface area contributed by atoms with Crippen molar-refractivity contribution in [3.05, 3.63) is 82.0 Å². The molecule has 1 aliphatic carbocycles. The lowest BCUT2D eigenvalue weighted by atomic mass is 9.76. The molecular formula is C30H35N5O3. The summed E-state index contributed by atoms with van der Waals surface area (Å²) in [6.07, 6.45) is 8.69. The number of rotatable bonds is 7. The molecule has 3 aromatic heterocycles. The van der Waals surface area contributed by atoms with Crippen molar-refractivity contribution in [2.75, 3.05) is 19.7 Å². The van der Waals surface area contributed by atoms with Crippen LogP contribution in [0.3, 0.4) is 0 Å². The van der Waals surface area contributed by atoms with Crippen LogP contribution >= 0.6 is 0 Å². The van der Waals surface area contributed by atoms with Crippen LogP contribution in [-0.4, -0.2) is 52.0 Å². The lowest BCUT2D eigenvalue weighted by Crippen LogP contribution is -2.47. The molecule has 3 aromatic rings. The lowest BCUT2D eigenvalue weighted by molar-refractivity contribution is 0.0124. The minimum absolute atomic E-state index is 0.0202. The molecule has 0 aromatic carbocycles. The van der Waals surface area contributed by atoms with Gasteiger partial charge >= 0.3 is 0 Å². The Hall–Kier alpha value is -3.54. The Labute approximate surface area is 223 Å². The van der Waals surface area contributed by atoms with E-state index >= 15 is 0 Å². The van der Waals surface area contributed by atoms with Crippen molar-refractivity contribution < 1.29 is 9.53 Å². The molecule has 0 radical (unpaired) electrons. The summed E-state index contributed by atoms with van der Waals surface area (Å²) in [7, 11) is 0. The van der Waals surface area contributed by atoms with Gasteiger partial charge in [0.2, 0.25) is 0 Å². The largest absolute Gasteiger partial charge is 0.376 e. The molecule has 1 saturated heterocycles. The van der Waals surface area contributed by atoms with E-state index in [0.717, 1.165) is 55.5 Å². The van der Waals surface area contributed by atoms with E-state index in [0.29, 0.717) is 26.0 Å². The van der Waals surface area contributed by atoms with Gasteiger partial charge in [0.1, 0.15) is 11.0 Å². The molecule has 0 unspecified atom stereocenters. The van der Waals surface area contributed by atoms with Gasteiger partial charge in [0.15, 0.2) is 0 Å². The topological polar surface area (TPSA) is 99.7 Å². The summed E-state index contributed by atoms with van der Waals surface area (Å²) < 4.78 is 7.45. The van der Waals surface area contributed by atoms with Gasteiger partial charge < -0.3 is 10.1 Å². The van der Waals surface area contributed by atoms with Crippen LogP contribution in [0.25, 0.3) is 5.52 Å². The van der Waals surface area contributed by atoms with Gasteiger partial charge in [0.05, 0.1) is 29.4 Å². The standard InChI is InChI=1S/C30H35N5O3/c1-2-38-26-11-4-3-9-24(26)33-28(36)23-19-22(25-10-6-8-16-35(25)29(23)37)20-34-17-13-30(21-31,14-18-34)27-12-5-7-15-32-27/h5-8,10,12,15-16,19,24,26H,2-4,9,11,13-14,17-18,20H2,1H3,(H,33,36)/t24-,26-/m0/s1. The van der Waals surface area contributed by atoms with E-state index in [1.807, 2.05) is 37.3 Å².